The number of rotatable bonds is 7. The zero-order valence-electron chi connectivity index (χ0n) is 19.2. The quantitative estimate of drug-likeness (QED) is 0.447. The van der Waals surface area contributed by atoms with E-state index in [0.717, 1.165) is 37.3 Å². The van der Waals surface area contributed by atoms with E-state index in [1.165, 1.54) is 5.56 Å². The van der Waals surface area contributed by atoms with Gasteiger partial charge in [-0.15, -0.1) is 0 Å². The minimum absolute atomic E-state index is 0.0989. The summed E-state index contributed by atoms with van der Waals surface area (Å²) < 4.78 is 7.32. The average molecular weight is 453 g/mol. The van der Waals surface area contributed by atoms with E-state index in [4.69, 9.17) is 9.84 Å². The molecule has 0 bridgehead atoms. The van der Waals surface area contributed by atoms with Crippen molar-refractivity contribution < 1.29 is 9.53 Å². The Kier molecular flexibility index (Phi) is 6.40. The van der Waals surface area contributed by atoms with E-state index in [1.54, 1.807) is 11.8 Å². The molecule has 0 saturated carbocycles. The Hall–Kier alpha value is -3.90. The molecule has 172 valence electrons. The van der Waals surface area contributed by atoms with Gasteiger partial charge in [-0.25, -0.2) is 4.68 Å². The van der Waals surface area contributed by atoms with Gasteiger partial charge >= 0.3 is 0 Å². The van der Waals surface area contributed by atoms with Crippen molar-refractivity contribution in [1.29, 1.82) is 0 Å². The highest BCUT2D eigenvalue weighted by atomic mass is 16.5. The first-order valence-corrected chi connectivity index (χ1v) is 11.6. The summed E-state index contributed by atoms with van der Waals surface area (Å²) in [6, 6.07) is 28.0. The number of amides is 1. The van der Waals surface area contributed by atoms with Crippen LogP contribution in [0.25, 0.3) is 16.9 Å². The number of hydrogen-bond donors (Lipinski definition) is 1. The zero-order valence-corrected chi connectivity index (χ0v) is 19.2. The average Bonchev–Trinajstić information content (AvgIpc) is 3.52. The summed E-state index contributed by atoms with van der Waals surface area (Å²) >= 11 is 0. The molecule has 1 N–H and O–H groups in total. The van der Waals surface area contributed by atoms with Crippen molar-refractivity contribution in [1.82, 2.24) is 20.0 Å². The molecule has 2 heterocycles. The summed E-state index contributed by atoms with van der Waals surface area (Å²) in [5.74, 6) is 0.569. The number of aromatic nitrogens is 2. The molecule has 4 aromatic rings. The topological polar surface area (TPSA) is 59.4 Å². The number of ether oxygens (including phenoxy) is 1. The monoisotopic (exact) mass is 452 g/mol. The van der Waals surface area contributed by atoms with Crippen LogP contribution in [0.2, 0.25) is 0 Å². The molecule has 1 fully saturated rings. The Labute approximate surface area is 199 Å². The van der Waals surface area contributed by atoms with Gasteiger partial charge in [-0.05, 0) is 36.2 Å². The van der Waals surface area contributed by atoms with Crippen LogP contribution < -0.4 is 10.1 Å². The molecule has 1 aromatic heterocycles. The molecule has 0 spiro atoms. The van der Waals surface area contributed by atoms with Gasteiger partial charge in [0.2, 0.25) is 0 Å². The molecule has 1 atom stereocenters. The van der Waals surface area contributed by atoms with Gasteiger partial charge in [0.15, 0.2) is 0 Å². The Morgan fingerprint density at radius 3 is 2.47 bits per heavy atom. The van der Waals surface area contributed by atoms with Gasteiger partial charge in [0.1, 0.15) is 11.4 Å². The number of methoxy groups -OCH3 is 1. The van der Waals surface area contributed by atoms with Crippen LogP contribution in [0.3, 0.4) is 0 Å². The van der Waals surface area contributed by atoms with Crippen LogP contribution in [0.15, 0.2) is 91.1 Å². The van der Waals surface area contributed by atoms with Gasteiger partial charge in [0, 0.05) is 37.4 Å². The van der Waals surface area contributed by atoms with Gasteiger partial charge in [0.05, 0.1) is 18.4 Å². The standard InChI is InChI=1S/C28H28N4O2/c1-34-26-15-9-8-14-24(26)27-25(20-32(30-27)23-12-6-3-7-13-23)28(33)29-22-16-17-31(19-22)18-21-10-4-2-5-11-21/h2-15,20,22H,16-19H2,1H3,(H,29,33)/t22-/m0/s1. The molecule has 34 heavy (non-hydrogen) atoms. The third-order valence-corrected chi connectivity index (χ3v) is 6.20. The molecule has 1 aliphatic rings. The van der Waals surface area contributed by atoms with Gasteiger partial charge in [-0.3, -0.25) is 9.69 Å². The Morgan fingerprint density at radius 2 is 1.71 bits per heavy atom. The minimum atomic E-state index is -0.116. The van der Waals surface area contributed by atoms with E-state index in [9.17, 15) is 4.79 Å². The smallest absolute Gasteiger partial charge is 0.255 e. The lowest BCUT2D eigenvalue weighted by Gasteiger charge is -2.17. The second-order valence-corrected chi connectivity index (χ2v) is 8.55. The number of nitrogens with one attached hydrogen (secondary N) is 1. The molecule has 3 aromatic carbocycles. The molecule has 1 aliphatic heterocycles. The number of benzene rings is 3. The third kappa shape index (κ3) is 4.72. The first-order chi connectivity index (χ1) is 16.7. The van der Waals surface area contributed by atoms with Gasteiger partial charge < -0.3 is 10.1 Å². The maximum absolute atomic E-state index is 13.5. The maximum atomic E-state index is 13.5. The number of nitrogens with zero attached hydrogens (tertiary/aromatic N) is 3. The van der Waals surface area contributed by atoms with E-state index in [1.807, 2.05) is 66.9 Å². The first-order valence-electron chi connectivity index (χ1n) is 11.6. The van der Waals surface area contributed by atoms with Crippen LogP contribution in [-0.2, 0) is 6.54 Å². The number of hydrogen-bond acceptors (Lipinski definition) is 4. The van der Waals surface area contributed by atoms with Crippen LogP contribution in [0.1, 0.15) is 22.3 Å². The molecule has 5 rings (SSSR count). The summed E-state index contributed by atoms with van der Waals surface area (Å²) in [6.45, 7) is 2.69. The summed E-state index contributed by atoms with van der Waals surface area (Å²) in [5, 5.41) is 8.04. The van der Waals surface area contributed by atoms with E-state index < -0.39 is 0 Å². The van der Waals surface area contributed by atoms with Crippen molar-refractivity contribution in [2.75, 3.05) is 20.2 Å². The SMILES string of the molecule is COc1ccccc1-c1nn(-c2ccccc2)cc1C(=O)N[C@H]1CCN(Cc2ccccc2)C1. The first kappa shape index (κ1) is 21.9. The summed E-state index contributed by atoms with van der Waals surface area (Å²) in [7, 11) is 1.63. The van der Waals surface area contributed by atoms with Crippen LogP contribution in [0.5, 0.6) is 5.75 Å². The number of carbonyl (C=O) groups is 1. The highest BCUT2D eigenvalue weighted by molar-refractivity contribution is 6.00. The van der Waals surface area contributed by atoms with E-state index >= 15 is 0 Å². The number of carbonyl (C=O) groups excluding carboxylic acids is 1. The van der Waals surface area contributed by atoms with Gasteiger partial charge in [0.25, 0.3) is 5.91 Å². The normalized spacial score (nSPS) is 15.9. The van der Waals surface area contributed by atoms with Crippen LogP contribution >= 0.6 is 0 Å². The molecule has 6 nitrogen and oxygen atoms in total. The molecular formula is C28H28N4O2. The van der Waals surface area contributed by atoms with Crippen LogP contribution in [-0.4, -0.2) is 46.8 Å². The fourth-order valence-electron chi connectivity index (χ4n) is 4.49. The molecule has 0 unspecified atom stereocenters. The van der Waals surface area contributed by atoms with Crippen LogP contribution in [0.4, 0.5) is 0 Å². The predicted molar refractivity (Wildman–Crippen MR) is 133 cm³/mol. The molecule has 6 heteroatoms. The van der Waals surface area contributed by atoms with Crippen molar-refractivity contribution in [3.63, 3.8) is 0 Å². The lowest BCUT2D eigenvalue weighted by molar-refractivity contribution is 0.0938. The summed E-state index contributed by atoms with van der Waals surface area (Å²) in [6.07, 6.45) is 2.73. The largest absolute Gasteiger partial charge is 0.496 e. The highest BCUT2D eigenvalue weighted by Crippen LogP contribution is 2.32. The minimum Gasteiger partial charge on any atom is -0.496 e. The van der Waals surface area contributed by atoms with E-state index in [2.05, 4.69) is 34.5 Å². The Bertz CT molecular complexity index is 1250. The van der Waals surface area contributed by atoms with Crippen LogP contribution in [0, 0.1) is 0 Å². The highest BCUT2D eigenvalue weighted by Gasteiger charge is 2.27. The molecular weight excluding hydrogens is 424 g/mol. The summed E-state index contributed by atoms with van der Waals surface area (Å²) in [5.41, 5.74) is 4.12. The predicted octanol–water partition coefficient (Wildman–Crippen LogP) is 4.55. The molecule has 0 aliphatic carbocycles. The molecule has 1 amide bonds. The Balaban J connectivity index is 1.39. The lowest BCUT2D eigenvalue weighted by Crippen LogP contribution is -2.37. The van der Waals surface area contributed by atoms with Crippen molar-refractivity contribution in [3.05, 3.63) is 102 Å². The fraction of sp³-hybridized carbons (Fsp3) is 0.214. The lowest BCUT2D eigenvalue weighted by atomic mass is 10.1. The number of para-hydroxylation sites is 2. The fourth-order valence-corrected chi connectivity index (χ4v) is 4.49. The number of likely N-dealkylation sites (tertiary alicyclic amines) is 1. The molecule has 0 radical (unpaired) electrons. The van der Waals surface area contributed by atoms with Crippen molar-refractivity contribution in [3.8, 4) is 22.7 Å². The van der Waals surface area contributed by atoms with Crippen molar-refractivity contribution in [2.45, 2.75) is 19.0 Å². The summed E-state index contributed by atoms with van der Waals surface area (Å²) in [4.78, 5) is 15.9. The van der Waals surface area contributed by atoms with E-state index in [-0.39, 0.29) is 11.9 Å². The second-order valence-electron chi connectivity index (χ2n) is 8.55. The van der Waals surface area contributed by atoms with Gasteiger partial charge in [-0.1, -0.05) is 60.7 Å². The molecule has 1 saturated heterocycles. The van der Waals surface area contributed by atoms with Gasteiger partial charge in [-0.2, -0.15) is 5.10 Å². The third-order valence-electron chi connectivity index (χ3n) is 6.20. The zero-order chi connectivity index (χ0) is 23.3. The maximum Gasteiger partial charge on any atom is 0.255 e. The Morgan fingerprint density at radius 1 is 1.00 bits per heavy atom. The van der Waals surface area contributed by atoms with Crippen molar-refractivity contribution >= 4 is 5.91 Å². The van der Waals surface area contributed by atoms with Crippen molar-refractivity contribution in [2.24, 2.45) is 0 Å². The van der Waals surface area contributed by atoms with E-state index in [0.29, 0.717) is 17.0 Å². The second kappa shape index (κ2) is 9.93.